The van der Waals surface area contributed by atoms with E-state index in [0.717, 1.165) is 37.9 Å². The van der Waals surface area contributed by atoms with Gasteiger partial charge in [0.15, 0.2) is 0 Å². The molecule has 4 rings (SSSR count). The van der Waals surface area contributed by atoms with Crippen LogP contribution in [0.4, 0.5) is 8.78 Å². The highest BCUT2D eigenvalue weighted by Gasteiger charge is 2.55. The smallest absolute Gasteiger partial charge is 0.127 e. The number of hydrogen-bond acceptors (Lipinski definition) is 6. The van der Waals surface area contributed by atoms with Gasteiger partial charge in [-0.15, -0.1) is 0 Å². The number of rotatable bonds is 4. The van der Waals surface area contributed by atoms with E-state index >= 15 is 8.78 Å². The molecule has 0 aromatic carbocycles. The van der Waals surface area contributed by atoms with Gasteiger partial charge in [-0.2, -0.15) is 0 Å². The average Bonchev–Trinajstić information content (AvgIpc) is 3.08. The highest BCUT2D eigenvalue weighted by atomic mass is 19.1. The maximum atomic E-state index is 15.9. The SMILES string of the molecule is CNC1CC(C)NC(NC2C(F)C3CCOC3C(C3=CCN(C)CCC3)C2F)N1. The fraction of sp³-hybridized carbons (Fsp3) is 0.905. The van der Waals surface area contributed by atoms with Crippen LogP contribution in [-0.4, -0.2) is 81.7 Å². The van der Waals surface area contributed by atoms with E-state index in [1.165, 1.54) is 0 Å². The van der Waals surface area contributed by atoms with Crippen LogP contribution < -0.4 is 21.3 Å². The molecule has 0 bridgehead atoms. The Balaban J connectivity index is 1.54. The predicted octanol–water partition coefficient (Wildman–Crippen LogP) is 1.11. The Kier molecular flexibility index (Phi) is 6.88. The molecule has 0 aromatic heterocycles. The van der Waals surface area contributed by atoms with Gasteiger partial charge in [0.2, 0.25) is 0 Å². The van der Waals surface area contributed by atoms with Crippen molar-refractivity contribution in [1.29, 1.82) is 0 Å². The van der Waals surface area contributed by atoms with Crippen LogP contribution in [0, 0.1) is 11.8 Å². The minimum atomic E-state index is -1.31. The van der Waals surface area contributed by atoms with Crippen LogP contribution >= 0.6 is 0 Å². The molecule has 0 radical (unpaired) electrons. The number of nitrogens with zero attached hydrogens (tertiary/aromatic N) is 1. The van der Waals surface area contributed by atoms with Crippen molar-refractivity contribution in [2.45, 2.75) is 75.6 Å². The lowest BCUT2D eigenvalue weighted by atomic mass is 9.70. The fourth-order valence-electron chi connectivity index (χ4n) is 5.62. The topological polar surface area (TPSA) is 60.6 Å². The predicted molar refractivity (Wildman–Crippen MR) is 110 cm³/mol. The number of halogens is 2. The van der Waals surface area contributed by atoms with E-state index in [1.54, 1.807) is 0 Å². The Labute approximate surface area is 173 Å². The lowest BCUT2D eigenvalue weighted by molar-refractivity contribution is -0.0636. The summed E-state index contributed by atoms with van der Waals surface area (Å²) < 4.78 is 37.3. The van der Waals surface area contributed by atoms with Crippen molar-refractivity contribution in [1.82, 2.24) is 26.2 Å². The summed E-state index contributed by atoms with van der Waals surface area (Å²) in [5.41, 5.74) is 1.11. The highest BCUT2D eigenvalue weighted by molar-refractivity contribution is 5.20. The van der Waals surface area contributed by atoms with Crippen LogP contribution in [0.2, 0.25) is 0 Å². The summed E-state index contributed by atoms with van der Waals surface area (Å²) in [4.78, 5) is 2.25. The van der Waals surface area contributed by atoms with Crippen LogP contribution in [-0.2, 0) is 4.74 Å². The standard InChI is InChI=1S/C21H37F2N5O/c1-12-11-15(24-2)26-21(25-12)27-19-17(22)14-7-10-29-20(14)16(18(19)23)13-5-4-8-28(3)9-6-13/h6,12,14-21,24-27H,4-5,7-11H2,1-3H3. The molecule has 0 spiro atoms. The molecule has 1 aliphatic carbocycles. The third-order valence-electron chi connectivity index (χ3n) is 7.19. The summed E-state index contributed by atoms with van der Waals surface area (Å²) in [6, 6.07) is -0.595. The van der Waals surface area contributed by atoms with Crippen molar-refractivity contribution in [3.8, 4) is 0 Å². The van der Waals surface area contributed by atoms with Crippen molar-refractivity contribution in [3.05, 3.63) is 11.6 Å². The van der Waals surface area contributed by atoms with Crippen molar-refractivity contribution in [2.75, 3.05) is 33.8 Å². The largest absolute Gasteiger partial charge is 0.377 e. The maximum Gasteiger partial charge on any atom is 0.127 e. The van der Waals surface area contributed by atoms with Gasteiger partial charge in [-0.1, -0.05) is 11.6 Å². The number of hydrogen-bond donors (Lipinski definition) is 4. The molecule has 3 fully saturated rings. The van der Waals surface area contributed by atoms with Crippen LogP contribution in [0.25, 0.3) is 0 Å². The molecule has 6 nitrogen and oxygen atoms in total. The lowest BCUT2D eigenvalue weighted by Crippen LogP contribution is -2.71. The quantitative estimate of drug-likeness (QED) is 0.518. The molecule has 1 saturated carbocycles. The molecule has 166 valence electrons. The molecule has 4 aliphatic rings. The summed E-state index contributed by atoms with van der Waals surface area (Å²) in [7, 11) is 3.99. The van der Waals surface area contributed by atoms with Gasteiger partial charge in [0.05, 0.1) is 18.3 Å². The molecule has 4 N–H and O–H groups in total. The third-order valence-corrected chi connectivity index (χ3v) is 7.19. The van der Waals surface area contributed by atoms with Gasteiger partial charge in [-0.25, -0.2) is 8.78 Å². The summed E-state index contributed by atoms with van der Waals surface area (Å²) in [6.07, 6.45) is 2.49. The first kappa shape index (κ1) is 21.6. The minimum Gasteiger partial charge on any atom is -0.377 e. The summed E-state index contributed by atoms with van der Waals surface area (Å²) in [6.45, 7) is 4.44. The van der Waals surface area contributed by atoms with Gasteiger partial charge in [-0.3, -0.25) is 16.0 Å². The molecule has 9 unspecified atom stereocenters. The summed E-state index contributed by atoms with van der Waals surface area (Å²) in [5, 5.41) is 13.2. The number of nitrogens with one attached hydrogen (secondary N) is 4. The second-order valence-electron chi connectivity index (χ2n) is 9.28. The van der Waals surface area contributed by atoms with E-state index in [1.807, 2.05) is 7.05 Å². The van der Waals surface area contributed by atoms with Gasteiger partial charge in [0, 0.05) is 31.0 Å². The monoisotopic (exact) mass is 413 g/mol. The van der Waals surface area contributed by atoms with Crippen molar-refractivity contribution in [3.63, 3.8) is 0 Å². The maximum absolute atomic E-state index is 15.9. The molecular weight excluding hydrogens is 376 g/mol. The normalized spacial score (nSPS) is 46.8. The van der Waals surface area contributed by atoms with Crippen LogP contribution in [0.5, 0.6) is 0 Å². The van der Waals surface area contributed by atoms with Gasteiger partial charge in [0.1, 0.15) is 18.6 Å². The molecule has 9 atom stereocenters. The highest BCUT2D eigenvalue weighted by Crippen LogP contribution is 2.45. The van der Waals surface area contributed by atoms with E-state index in [9.17, 15) is 0 Å². The van der Waals surface area contributed by atoms with Crippen LogP contribution in [0.3, 0.4) is 0 Å². The van der Waals surface area contributed by atoms with Crippen molar-refractivity contribution >= 4 is 0 Å². The first-order valence-corrected chi connectivity index (χ1v) is 11.2. The first-order valence-electron chi connectivity index (χ1n) is 11.2. The Morgan fingerprint density at radius 3 is 2.86 bits per heavy atom. The van der Waals surface area contributed by atoms with Crippen LogP contribution in [0.15, 0.2) is 11.6 Å². The van der Waals surface area contributed by atoms with Crippen LogP contribution in [0.1, 0.15) is 32.6 Å². The fourth-order valence-corrected chi connectivity index (χ4v) is 5.62. The lowest BCUT2D eigenvalue weighted by Gasteiger charge is -2.46. The van der Waals surface area contributed by atoms with Crippen molar-refractivity contribution < 1.29 is 13.5 Å². The summed E-state index contributed by atoms with van der Waals surface area (Å²) in [5.74, 6) is -0.605. The zero-order valence-corrected chi connectivity index (χ0v) is 17.8. The summed E-state index contributed by atoms with van der Waals surface area (Å²) >= 11 is 0. The van der Waals surface area contributed by atoms with E-state index in [0.29, 0.717) is 13.0 Å². The van der Waals surface area contributed by atoms with Crippen molar-refractivity contribution in [2.24, 2.45) is 11.8 Å². The second kappa shape index (κ2) is 9.24. The van der Waals surface area contributed by atoms with E-state index < -0.39 is 18.4 Å². The molecule has 0 amide bonds. The Hall–Kier alpha value is -0.640. The molecule has 8 heteroatoms. The number of fused-ring (bicyclic) bond motifs is 1. The number of likely N-dealkylation sites (N-methyl/N-ethyl adjacent to an activating group) is 1. The first-order chi connectivity index (χ1) is 14.0. The molecule has 29 heavy (non-hydrogen) atoms. The Morgan fingerprint density at radius 1 is 1.24 bits per heavy atom. The second-order valence-corrected chi connectivity index (χ2v) is 9.28. The molecule has 3 heterocycles. The number of ether oxygens (including phenoxy) is 1. The average molecular weight is 414 g/mol. The molecule has 2 saturated heterocycles. The van der Waals surface area contributed by atoms with Gasteiger partial charge >= 0.3 is 0 Å². The molecular formula is C21H37F2N5O. The Morgan fingerprint density at radius 2 is 2.07 bits per heavy atom. The van der Waals surface area contributed by atoms with Gasteiger partial charge < -0.3 is 15.0 Å². The minimum absolute atomic E-state index is 0.113. The van der Waals surface area contributed by atoms with E-state index in [2.05, 4.69) is 46.2 Å². The zero-order chi connectivity index (χ0) is 20.5. The van der Waals surface area contributed by atoms with E-state index in [-0.39, 0.29) is 36.4 Å². The Bertz CT molecular complexity index is 593. The third kappa shape index (κ3) is 4.52. The molecule has 0 aromatic rings. The van der Waals surface area contributed by atoms with Gasteiger partial charge in [0.25, 0.3) is 0 Å². The van der Waals surface area contributed by atoms with E-state index in [4.69, 9.17) is 4.74 Å². The molecule has 3 aliphatic heterocycles. The number of alkyl halides is 2. The zero-order valence-electron chi connectivity index (χ0n) is 17.8. The van der Waals surface area contributed by atoms with Gasteiger partial charge in [-0.05, 0) is 53.2 Å².